The van der Waals surface area contributed by atoms with Crippen molar-refractivity contribution in [1.29, 1.82) is 0 Å². The summed E-state index contributed by atoms with van der Waals surface area (Å²) in [5, 5.41) is 3.45. The third kappa shape index (κ3) is 3.40. The van der Waals surface area contributed by atoms with E-state index in [1.165, 1.54) is 5.75 Å². The molecule has 0 radical (unpaired) electrons. The van der Waals surface area contributed by atoms with E-state index in [4.69, 9.17) is 4.74 Å². The molecule has 0 aromatic heterocycles. The van der Waals surface area contributed by atoms with Crippen LogP contribution in [0.3, 0.4) is 0 Å². The maximum absolute atomic E-state index is 5.75. The van der Waals surface area contributed by atoms with Crippen LogP contribution >= 0.6 is 27.7 Å². The number of para-hydroxylation sites is 1. The molecule has 1 unspecified atom stereocenters. The monoisotopic (exact) mass is 287 g/mol. The van der Waals surface area contributed by atoms with Crippen LogP contribution in [0.25, 0.3) is 0 Å². The van der Waals surface area contributed by atoms with E-state index in [1.807, 2.05) is 36.0 Å². The van der Waals surface area contributed by atoms with Gasteiger partial charge in [0.05, 0.1) is 10.5 Å². The Bertz CT molecular complexity index is 315. The van der Waals surface area contributed by atoms with Gasteiger partial charge in [-0.3, -0.25) is 0 Å². The molecule has 1 aliphatic rings. The van der Waals surface area contributed by atoms with Gasteiger partial charge < -0.3 is 10.1 Å². The number of benzene rings is 1. The van der Waals surface area contributed by atoms with Crippen molar-refractivity contribution in [3.8, 4) is 5.75 Å². The summed E-state index contributed by atoms with van der Waals surface area (Å²) in [6, 6.07) is 8.45. The van der Waals surface area contributed by atoms with Gasteiger partial charge in [-0.15, -0.1) is 0 Å². The average molecular weight is 288 g/mol. The molecule has 1 saturated heterocycles. The average Bonchev–Trinajstić information content (AvgIpc) is 2.29. The highest BCUT2D eigenvalue weighted by atomic mass is 79.9. The largest absolute Gasteiger partial charge is 0.491 e. The van der Waals surface area contributed by atoms with E-state index in [2.05, 4.69) is 21.2 Å². The minimum absolute atomic E-state index is 0.482. The van der Waals surface area contributed by atoms with Gasteiger partial charge in [0.1, 0.15) is 12.4 Å². The lowest BCUT2D eigenvalue weighted by Crippen LogP contribution is -2.41. The highest BCUT2D eigenvalue weighted by molar-refractivity contribution is 9.10. The minimum Gasteiger partial charge on any atom is -0.491 e. The summed E-state index contributed by atoms with van der Waals surface area (Å²) in [5.41, 5.74) is 0. The Kier molecular flexibility index (Phi) is 4.35. The first-order chi connectivity index (χ1) is 7.36. The lowest BCUT2D eigenvalue weighted by Gasteiger charge is -2.23. The van der Waals surface area contributed by atoms with E-state index in [0.717, 1.165) is 29.1 Å². The van der Waals surface area contributed by atoms with Crippen molar-refractivity contribution in [2.24, 2.45) is 0 Å². The molecule has 15 heavy (non-hydrogen) atoms. The molecule has 2 rings (SSSR count). The molecule has 1 atom stereocenters. The molecule has 0 bridgehead atoms. The van der Waals surface area contributed by atoms with Gasteiger partial charge in [-0.1, -0.05) is 12.1 Å². The summed E-state index contributed by atoms with van der Waals surface area (Å²) in [6.07, 6.45) is 0. The van der Waals surface area contributed by atoms with Gasteiger partial charge in [0, 0.05) is 18.1 Å². The molecule has 1 heterocycles. The second kappa shape index (κ2) is 5.77. The summed E-state index contributed by atoms with van der Waals surface area (Å²) in [5.74, 6) is 3.28. The van der Waals surface area contributed by atoms with Crippen LogP contribution in [-0.4, -0.2) is 30.7 Å². The van der Waals surface area contributed by atoms with Crippen molar-refractivity contribution in [3.05, 3.63) is 28.7 Å². The number of hydrogen-bond acceptors (Lipinski definition) is 3. The van der Waals surface area contributed by atoms with Crippen LogP contribution in [0.4, 0.5) is 0 Å². The fraction of sp³-hybridized carbons (Fsp3) is 0.455. The van der Waals surface area contributed by atoms with Crippen LogP contribution in [0.2, 0.25) is 0 Å². The Morgan fingerprint density at radius 3 is 3.07 bits per heavy atom. The van der Waals surface area contributed by atoms with Crippen molar-refractivity contribution in [2.45, 2.75) is 6.04 Å². The van der Waals surface area contributed by atoms with Gasteiger partial charge in [0.2, 0.25) is 0 Å². The number of ether oxygens (including phenoxy) is 1. The molecule has 4 heteroatoms. The molecular formula is C11H14BrNOS. The highest BCUT2D eigenvalue weighted by Gasteiger charge is 2.13. The zero-order valence-corrected chi connectivity index (χ0v) is 10.8. The van der Waals surface area contributed by atoms with E-state index in [1.54, 1.807) is 0 Å². The summed E-state index contributed by atoms with van der Waals surface area (Å²) < 4.78 is 6.78. The Balaban J connectivity index is 1.84. The molecule has 1 aromatic carbocycles. The SMILES string of the molecule is Brc1ccccc1OCC1CSCCN1. The summed E-state index contributed by atoms with van der Waals surface area (Å²) >= 11 is 5.46. The van der Waals surface area contributed by atoms with Gasteiger partial charge >= 0.3 is 0 Å². The minimum atomic E-state index is 0.482. The van der Waals surface area contributed by atoms with Crippen molar-refractivity contribution >= 4 is 27.7 Å². The summed E-state index contributed by atoms with van der Waals surface area (Å²) in [4.78, 5) is 0. The van der Waals surface area contributed by atoms with Crippen LogP contribution in [0.1, 0.15) is 0 Å². The summed E-state index contributed by atoms with van der Waals surface area (Å²) in [7, 11) is 0. The Morgan fingerprint density at radius 1 is 1.47 bits per heavy atom. The fourth-order valence-corrected chi connectivity index (χ4v) is 2.81. The fourth-order valence-electron chi connectivity index (χ4n) is 1.48. The van der Waals surface area contributed by atoms with Crippen LogP contribution < -0.4 is 10.1 Å². The van der Waals surface area contributed by atoms with Crippen molar-refractivity contribution in [2.75, 3.05) is 24.7 Å². The van der Waals surface area contributed by atoms with Gasteiger partial charge in [0.15, 0.2) is 0 Å². The molecule has 0 amide bonds. The highest BCUT2D eigenvalue weighted by Crippen LogP contribution is 2.24. The normalized spacial score (nSPS) is 21.3. The van der Waals surface area contributed by atoms with Crippen molar-refractivity contribution < 1.29 is 4.74 Å². The van der Waals surface area contributed by atoms with Crippen molar-refractivity contribution in [3.63, 3.8) is 0 Å². The second-order valence-electron chi connectivity index (χ2n) is 3.47. The molecule has 0 saturated carbocycles. The smallest absolute Gasteiger partial charge is 0.133 e. The second-order valence-corrected chi connectivity index (χ2v) is 5.47. The first-order valence-electron chi connectivity index (χ1n) is 5.05. The molecule has 1 fully saturated rings. The van der Waals surface area contributed by atoms with Gasteiger partial charge in [0.25, 0.3) is 0 Å². The third-order valence-electron chi connectivity index (χ3n) is 2.28. The van der Waals surface area contributed by atoms with Crippen LogP contribution in [0.15, 0.2) is 28.7 Å². The van der Waals surface area contributed by atoms with Crippen LogP contribution in [0, 0.1) is 0 Å². The Hall–Kier alpha value is -0.190. The number of hydrogen-bond donors (Lipinski definition) is 1. The van der Waals surface area contributed by atoms with Gasteiger partial charge in [-0.25, -0.2) is 0 Å². The van der Waals surface area contributed by atoms with Crippen LogP contribution in [0.5, 0.6) is 5.75 Å². The molecule has 1 N–H and O–H groups in total. The van der Waals surface area contributed by atoms with Gasteiger partial charge in [-0.2, -0.15) is 11.8 Å². The van der Waals surface area contributed by atoms with Gasteiger partial charge in [-0.05, 0) is 28.1 Å². The zero-order valence-electron chi connectivity index (χ0n) is 8.41. The predicted octanol–water partition coefficient (Wildman–Crippen LogP) is 2.53. The molecule has 2 nitrogen and oxygen atoms in total. The number of thioether (sulfide) groups is 1. The Morgan fingerprint density at radius 2 is 2.33 bits per heavy atom. The number of nitrogens with one attached hydrogen (secondary N) is 1. The topological polar surface area (TPSA) is 21.3 Å². The predicted molar refractivity (Wildman–Crippen MR) is 68.8 cm³/mol. The summed E-state index contributed by atoms with van der Waals surface area (Å²) in [6.45, 7) is 1.84. The molecule has 1 aliphatic heterocycles. The third-order valence-corrected chi connectivity index (χ3v) is 4.06. The first-order valence-corrected chi connectivity index (χ1v) is 6.99. The maximum atomic E-state index is 5.75. The molecule has 82 valence electrons. The standard InChI is InChI=1S/C11H14BrNOS/c12-10-3-1-2-4-11(10)14-7-9-8-15-6-5-13-9/h1-4,9,13H,5-8H2. The first kappa shape index (κ1) is 11.3. The van der Waals surface area contributed by atoms with E-state index < -0.39 is 0 Å². The lowest BCUT2D eigenvalue weighted by molar-refractivity contribution is 0.274. The molecule has 0 aliphatic carbocycles. The zero-order chi connectivity index (χ0) is 10.5. The van der Waals surface area contributed by atoms with E-state index >= 15 is 0 Å². The van der Waals surface area contributed by atoms with E-state index in [9.17, 15) is 0 Å². The molecular weight excluding hydrogens is 274 g/mol. The number of rotatable bonds is 3. The van der Waals surface area contributed by atoms with Crippen LogP contribution in [-0.2, 0) is 0 Å². The Labute approximate surface area is 103 Å². The molecule has 0 spiro atoms. The maximum Gasteiger partial charge on any atom is 0.133 e. The quantitative estimate of drug-likeness (QED) is 0.923. The van der Waals surface area contributed by atoms with Crippen molar-refractivity contribution in [1.82, 2.24) is 5.32 Å². The van der Waals surface area contributed by atoms with E-state index in [-0.39, 0.29) is 0 Å². The number of halogens is 1. The lowest BCUT2D eigenvalue weighted by atomic mass is 10.3. The molecule has 1 aromatic rings. The van der Waals surface area contributed by atoms with E-state index in [0.29, 0.717) is 6.04 Å².